The van der Waals surface area contributed by atoms with E-state index in [-0.39, 0.29) is 0 Å². The molecule has 0 bridgehead atoms. The summed E-state index contributed by atoms with van der Waals surface area (Å²) in [5, 5.41) is 1.69. The van der Waals surface area contributed by atoms with E-state index in [2.05, 4.69) is 0 Å². The van der Waals surface area contributed by atoms with Gasteiger partial charge in [0.05, 0.1) is 12.3 Å². The van der Waals surface area contributed by atoms with Crippen LogP contribution in [-0.2, 0) is 0 Å². The Kier molecular flexibility index (Phi) is 5.94. The molecule has 4 aromatic carbocycles. The average molecular weight is 411 g/mol. The van der Waals surface area contributed by atoms with Crippen LogP contribution < -0.4 is 14.4 Å². The fourth-order valence-corrected chi connectivity index (χ4v) is 3.32. The number of rotatable bonds is 5. The van der Waals surface area contributed by atoms with Crippen molar-refractivity contribution in [3.63, 3.8) is 0 Å². The van der Waals surface area contributed by atoms with Crippen LogP contribution >= 0.6 is 0 Å². The molecule has 0 heterocycles. The first kappa shape index (κ1) is 20.2. The zero-order valence-corrected chi connectivity index (χ0v) is 17.0. The lowest BCUT2D eigenvalue weighted by atomic mass is 10.1. The highest BCUT2D eigenvalue weighted by atomic mass is 16.6. The highest BCUT2D eigenvalue weighted by molar-refractivity contribution is 6.22. The van der Waals surface area contributed by atoms with Gasteiger partial charge in [0.2, 0.25) is 0 Å². The number of amides is 2. The first-order valence-electron chi connectivity index (χ1n) is 9.99. The van der Waals surface area contributed by atoms with E-state index in [9.17, 15) is 9.59 Å². The van der Waals surface area contributed by atoms with Gasteiger partial charge in [0, 0.05) is 10.9 Å². The van der Waals surface area contributed by atoms with Crippen molar-refractivity contribution >= 4 is 28.5 Å². The zero-order valence-electron chi connectivity index (χ0n) is 17.0. The number of nitrogens with zero attached hydrogens (tertiary/aromatic N) is 1. The van der Waals surface area contributed by atoms with E-state index in [0.717, 1.165) is 15.7 Å². The molecule has 0 spiro atoms. The Hall–Kier alpha value is -4.12. The fourth-order valence-electron chi connectivity index (χ4n) is 3.32. The summed E-state index contributed by atoms with van der Waals surface area (Å²) in [6.45, 7) is 2.44. The van der Waals surface area contributed by atoms with Crippen LogP contribution in [0.4, 0.5) is 10.5 Å². The third-order valence-corrected chi connectivity index (χ3v) is 4.75. The number of fused-ring (bicyclic) bond motifs is 1. The van der Waals surface area contributed by atoms with E-state index in [1.165, 1.54) is 0 Å². The number of ether oxygens (including phenoxy) is 2. The molecule has 4 rings (SSSR count). The van der Waals surface area contributed by atoms with Gasteiger partial charge >= 0.3 is 6.09 Å². The standard InChI is InChI=1S/C26H21NO4/c1-2-30-21-15-17-22(18-16-21)31-26(29)27(25(28)20-10-4-3-5-11-20)24-14-8-12-19-9-6-7-13-23(19)24/h3-18H,2H2,1H3. The summed E-state index contributed by atoms with van der Waals surface area (Å²) in [5.41, 5.74) is 0.849. The summed E-state index contributed by atoms with van der Waals surface area (Å²) in [7, 11) is 0. The smallest absolute Gasteiger partial charge is 0.426 e. The molecule has 5 nitrogen and oxygen atoms in total. The van der Waals surface area contributed by atoms with Gasteiger partial charge in [-0.3, -0.25) is 4.79 Å². The first-order valence-corrected chi connectivity index (χ1v) is 9.99. The van der Waals surface area contributed by atoms with Crippen LogP contribution in [0.25, 0.3) is 10.8 Å². The Morgan fingerprint density at radius 1 is 0.742 bits per heavy atom. The van der Waals surface area contributed by atoms with E-state index in [4.69, 9.17) is 9.47 Å². The maximum atomic E-state index is 13.4. The van der Waals surface area contributed by atoms with Crippen LogP contribution in [-0.4, -0.2) is 18.6 Å². The van der Waals surface area contributed by atoms with Crippen LogP contribution in [0, 0.1) is 0 Å². The lowest BCUT2D eigenvalue weighted by Gasteiger charge is -2.22. The highest BCUT2D eigenvalue weighted by Crippen LogP contribution is 2.29. The zero-order chi connectivity index (χ0) is 21.6. The third-order valence-electron chi connectivity index (χ3n) is 4.75. The molecule has 0 aromatic heterocycles. The van der Waals surface area contributed by atoms with Gasteiger partial charge in [0.15, 0.2) is 0 Å². The number of hydrogen-bond acceptors (Lipinski definition) is 4. The van der Waals surface area contributed by atoms with E-state index in [0.29, 0.717) is 29.4 Å². The second-order valence-electron chi connectivity index (χ2n) is 6.78. The molecule has 0 N–H and O–H groups in total. The van der Waals surface area contributed by atoms with Crippen molar-refractivity contribution in [3.05, 3.63) is 103 Å². The van der Waals surface area contributed by atoms with Gasteiger partial charge in [-0.25, -0.2) is 9.69 Å². The molecule has 0 atom stereocenters. The summed E-state index contributed by atoms with van der Waals surface area (Å²) in [6.07, 6.45) is -0.783. The maximum absolute atomic E-state index is 13.4. The number of hydrogen-bond donors (Lipinski definition) is 0. The predicted octanol–water partition coefficient (Wildman–Crippen LogP) is 6.08. The SMILES string of the molecule is CCOc1ccc(OC(=O)N(C(=O)c2ccccc2)c2cccc3ccccc23)cc1. The second kappa shape index (κ2) is 9.13. The quantitative estimate of drug-likeness (QED) is 0.399. The Morgan fingerprint density at radius 2 is 1.39 bits per heavy atom. The van der Waals surface area contributed by atoms with Gasteiger partial charge in [-0.2, -0.15) is 0 Å². The number of anilines is 1. The normalized spacial score (nSPS) is 10.5. The van der Waals surface area contributed by atoms with Gasteiger partial charge in [0.25, 0.3) is 5.91 Å². The minimum Gasteiger partial charge on any atom is -0.494 e. The van der Waals surface area contributed by atoms with Crippen LogP contribution in [0.2, 0.25) is 0 Å². The average Bonchev–Trinajstić information content (AvgIpc) is 2.81. The Labute approximate surface area is 180 Å². The Morgan fingerprint density at radius 3 is 2.13 bits per heavy atom. The van der Waals surface area contributed by atoms with Gasteiger partial charge < -0.3 is 9.47 Å². The van der Waals surface area contributed by atoms with Crippen LogP contribution in [0.15, 0.2) is 97.1 Å². The van der Waals surface area contributed by atoms with E-state index in [1.807, 2.05) is 49.4 Å². The van der Waals surface area contributed by atoms with E-state index >= 15 is 0 Å². The van der Waals surface area contributed by atoms with Crippen molar-refractivity contribution in [1.82, 2.24) is 0 Å². The molecule has 0 aliphatic rings. The molecule has 0 saturated carbocycles. The molecule has 0 unspecified atom stereocenters. The molecule has 2 amide bonds. The van der Waals surface area contributed by atoms with Gasteiger partial charge in [0.1, 0.15) is 11.5 Å². The van der Waals surface area contributed by atoms with Crippen molar-refractivity contribution in [3.8, 4) is 11.5 Å². The molecule has 5 heteroatoms. The predicted molar refractivity (Wildman–Crippen MR) is 121 cm³/mol. The largest absolute Gasteiger partial charge is 0.494 e. The minimum absolute atomic E-state index is 0.319. The van der Waals surface area contributed by atoms with E-state index < -0.39 is 12.0 Å². The summed E-state index contributed by atoms with van der Waals surface area (Å²) < 4.78 is 11.0. The monoisotopic (exact) mass is 411 g/mol. The molecular weight excluding hydrogens is 390 g/mol. The molecule has 0 aliphatic carbocycles. The van der Waals surface area contributed by atoms with Crippen molar-refractivity contribution in [2.24, 2.45) is 0 Å². The lowest BCUT2D eigenvalue weighted by molar-refractivity contribution is 0.0985. The fraction of sp³-hybridized carbons (Fsp3) is 0.0769. The van der Waals surface area contributed by atoms with Crippen LogP contribution in [0.3, 0.4) is 0 Å². The summed E-state index contributed by atoms with van der Waals surface area (Å²) >= 11 is 0. The molecule has 0 radical (unpaired) electrons. The summed E-state index contributed by atoms with van der Waals surface area (Å²) in [5.74, 6) is 0.529. The first-order chi connectivity index (χ1) is 15.2. The molecule has 154 valence electrons. The molecule has 31 heavy (non-hydrogen) atoms. The van der Waals surface area contributed by atoms with Gasteiger partial charge in [-0.1, -0.05) is 54.6 Å². The maximum Gasteiger partial charge on any atom is 0.426 e. The van der Waals surface area contributed by atoms with Crippen molar-refractivity contribution in [2.75, 3.05) is 11.5 Å². The van der Waals surface area contributed by atoms with E-state index in [1.54, 1.807) is 54.6 Å². The molecule has 0 saturated heterocycles. The summed E-state index contributed by atoms with van der Waals surface area (Å²) in [6, 6.07) is 28.4. The Bertz CT molecular complexity index is 1200. The van der Waals surface area contributed by atoms with Gasteiger partial charge in [-0.15, -0.1) is 0 Å². The second-order valence-corrected chi connectivity index (χ2v) is 6.78. The van der Waals surface area contributed by atoms with Crippen molar-refractivity contribution in [1.29, 1.82) is 0 Å². The Balaban J connectivity index is 1.73. The van der Waals surface area contributed by atoms with Crippen LogP contribution in [0.1, 0.15) is 17.3 Å². The van der Waals surface area contributed by atoms with Crippen LogP contribution in [0.5, 0.6) is 11.5 Å². The number of carbonyl (C=O) groups is 2. The summed E-state index contributed by atoms with van der Waals surface area (Å²) in [4.78, 5) is 27.7. The van der Waals surface area contributed by atoms with Crippen molar-refractivity contribution < 1.29 is 19.1 Å². The molecular formula is C26H21NO4. The van der Waals surface area contributed by atoms with Crippen molar-refractivity contribution in [2.45, 2.75) is 6.92 Å². The molecule has 4 aromatic rings. The van der Waals surface area contributed by atoms with Gasteiger partial charge in [-0.05, 0) is 54.8 Å². The number of carbonyl (C=O) groups excluding carboxylic acids is 2. The molecule has 0 fully saturated rings. The minimum atomic E-state index is -0.783. The number of imide groups is 1. The molecule has 0 aliphatic heterocycles. The topological polar surface area (TPSA) is 55.8 Å². The number of benzene rings is 4. The lowest BCUT2D eigenvalue weighted by Crippen LogP contribution is -2.39. The highest BCUT2D eigenvalue weighted by Gasteiger charge is 2.28. The third kappa shape index (κ3) is 4.41.